The van der Waals surface area contributed by atoms with Crippen LogP contribution in [0.15, 0.2) is 18.2 Å². The summed E-state index contributed by atoms with van der Waals surface area (Å²) in [6.07, 6.45) is 0.592. The van der Waals surface area contributed by atoms with Crippen LogP contribution < -0.4 is 5.32 Å². The zero-order valence-corrected chi connectivity index (χ0v) is 12.1. The molecule has 1 aliphatic rings. The normalized spacial score (nSPS) is 24.3. The second-order valence-corrected chi connectivity index (χ2v) is 5.28. The van der Waals surface area contributed by atoms with Crippen molar-refractivity contribution in [3.05, 3.63) is 35.1 Å². The molecule has 2 N–H and O–H groups in total. The van der Waals surface area contributed by atoms with Gasteiger partial charge in [0.2, 0.25) is 0 Å². The van der Waals surface area contributed by atoms with E-state index in [0.717, 1.165) is 6.07 Å². The van der Waals surface area contributed by atoms with Gasteiger partial charge in [-0.15, -0.1) is 0 Å². The van der Waals surface area contributed by atoms with E-state index in [9.17, 15) is 9.18 Å². The zero-order valence-electron chi connectivity index (χ0n) is 12.1. The van der Waals surface area contributed by atoms with Crippen molar-refractivity contribution in [3.8, 4) is 11.8 Å². The Balaban J connectivity index is 2.28. The Kier molecular flexibility index (Phi) is 4.61. The second kappa shape index (κ2) is 6.25. The summed E-state index contributed by atoms with van der Waals surface area (Å²) in [5.74, 6) is 4.23. The average molecular weight is 291 g/mol. The van der Waals surface area contributed by atoms with E-state index < -0.39 is 17.3 Å². The topological polar surface area (TPSA) is 58.6 Å². The molecule has 0 saturated carbocycles. The van der Waals surface area contributed by atoms with Gasteiger partial charge in [0.05, 0.1) is 17.2 Å². The highest BCUT2D eigenvalue weighted by Crippen LogP contribution is 2.26. The number of carbonyl (C=O) groups excluding carboxylic acids is 1. The fourth-order valence-electron chi connectivity index (χ4n) is 2.27. The molecule has 1 fully saturated rings. The molecule has 2 rings (SSSR count). The van der Waals surface area contributed by atoms with Gasteiger partial charge in [-0.25, -0.2) is 4.39 Å². The van der Waals surface area contributed by atoms with Crippen molar-refractivity contribution >= 4 is 5.91 Å². The van der Waals surface area contributed by atoms with Crippen LogP contribution in [0.1, 0.15) is 36.2 Å². The van der Waals surface area contributed by atoms with Crippen molar-refractivity contribution in [2.75, 3.05) is 13.2 Å². The van der Waals surface area contributed by atoms with Crippen LogP contribution in [0.3, 0.4) is 0 Å². The lowest BCUT2D eigenvalue weighted by atomic mass is 9.93. The van der Waals surface area contributed by atoms with Crippen LogP contribution in [-0.4, -0.2) is 35.9 Å². The largest absolute Gasteiger partial charge is 0.384 e. The Hall–Kier alpha value is -1.90. The fourth-order valence-corrected chi connectivity index (χ4v) is 2.27. The first kappa shape index (κ1) is 15.5. The van der Waals surface area contributed by atoms with E-state index >= 15 is 0 Å². The van der Waals surface area contributed by atoms with Gasteiger partial charge in [0.25, 0.3) is 5.91 Å². The fraction of sp³-hybridized carbons (Fsp3) is 0.438. The predicted octanol–water partition coefficient (Wildman–Crippen LogP) is 1.47. The van der Waals surface area contributed by atoms with Crippen molar-refractivity contribution < 1.29 is 19.0 Å². The van der Waals surface area contributed by atoms with Crippen LogP contribution in [0.2, 0.25) is 0 Å². The Morgan fingerprint density at radius 2 is 2.38 bits per heavy atom. The second-order valence-electron chi connectivity index (χ2n) is 5.28. The summed E-state index contributed by atoms with van der Waals surface area (Å²) in [6.45, 7) is 4.06. The molecule has 0 spiro atoms. The number of halogens is 1. The smallest absolute Gasteiger partial charge is 0.253 e. The molecule has 21 heavy (non-hydrogen) atoms. The van der Waals surface area contributed by atoms with Gasteiger partial charge < -0.3 is 15.2 Å². The van der Waals surface area contributed by atoms with Crippen LogP contribution in [-0.2, 0) is 4.74 Å². The number of carbonyl (C=O) groups is 1. The predicted molar refractivity (Wildman–Crippen MR) is 76.3 cm³/mol. The van der Waals surface area contributed by atoms with Crippen molar-refractivity contribution in [3.63, 3.8) is 0 Å². The number of benzene rings is 1. The standard InChI is InChI=1S/C16H18FNO3/c1-11-16(2,7-9-21-11)18-15(20)14-10-13(17)6-5-12(14)4-3-8-19/h5-6,10-11,19H,7-9H2,1-2H3,(H,18,20). The monoisotopic (exact) mass is 291 g/mol. The lowest BCUT2D eigenvalue weighted by Gasteiger charge is -2.29. The quantitative estimate of drug-likeness (QED) is 0.811. The van der Waals surface area contributed by atoms with Gasteiger partial charge in [-0.2, -0.15) is 0 Å². The third kappa shape index (κ3) is 3.41. The molecule has 0 aliphatic carbocycles. The van der Waals surface area contributed by atoms with Gasteiger partial charge in [-0.1, -0.05) is 11.8 Å². The maximum atomic E-state index is 13.4. The highest BCUT2D eigenvalue weighted by atomic mass is 19.1. The molecular weight excluding hydrogens is 273 g/mol. The van der Waals surface area contributed by atoms with E-state index in [1.165, 1.54) is 12.1 Å². The third-order valence-electron chi connectivity index (χ3n) is 3.81. The van der Waals surface area contributed by atoms with Crippen LogP contribution in [0.5, 0.6) is 0 Å². The lowest BCUT2D eigenvalue weighted by molar-refractivity contribution is 0.0727. The van der Waals surface area contributed by atoms with Crippen molar-refractivity contribution in [2.45, 2.75) is 31.9 Å². The van der Waals surface area contributed by atoms with E-state index in [-0.39, 0.29) is 18.3 Å². The first-order valence-electron chi connectivity index (χ1n) is 6.79. The Bertz CT molecular complexity index is 605. The molecule has 1 aromatic carbocycles. The first-order valence-corrected chi connectivity index (χ1v) is 6.79. The molecular formula is C16H18FNO3. The number of aliphatic hydroxyl groups is 1. The Labute approximate surface area is 123 Å². The number of hydrogen-bond acceptors (Lipinski definition) is 3. The van der Waals surface area contributed by atoms with Crippen LogP contribution in [0.25, 0.3) is 0 Å². The number of ether oxygens (including phenoxy) is 1. The van der Waals surface area contributed by atoms with Crippen molar-refractivity contribution in [2.24, 2.45) is 0 Å². The Morgan fingerprint density at radius 1 is 1.62 bits per heavy atom. The zero-order chi connectivity index (χ0) is 15.5. The van der Waals surface area contributed by atoms with Gasteiger partial charge in [0.15, 0.2) is 0 Å². The molecule has 1 aliphatic heterocycles. The van der Waals surface area contributed by atoms with E-state index in [0.29, 0.717) is 18.6 Å². The van der Waals surface area contributed by atoms with E-state index in [4.69, 9.17) is 9.84 Å². The molecule has 0 radical (unpaired) electrons. The number of nitrogens with one attached hydrogen (secondary N) is 1. The van der Waals surface area contributed by atoms with Crippen molar-refractivity contribution in [1.82, 2.24) is 5.32 Å². The minimum atomic E-state index is -0.504. The molecule has 0 aromatic heterocycles. The number of rotatable bonds is 2. The van der Waals surface area contributed by atoms with Crippen LogP contribution in [0.4, 0.5) is 4.39 Å². The summed E-state index contributed by atoms with van der Waals surface area (Å²) in [5, 5.41) is 11.7. The molecule has 2 atom stereocenters. The van der Waals surface area contributed by atoms with Crippen molar-refractivity contribution in [1.29, 1.82) is 0 Å². The summed E-state index contributed by atoms with van der Waals surface area (Å²) in [6, 6.07) is 3.82. The first-order chi connectivity index (χ1) is 9.96. The molecule has 4 nitrogen and oxygen atoms in total. The van der Waals surface area contributed by atoms with Crippen LogP contribution >= 0.6 is 0 Å². The third-order valence-corrected chi connectivity index (χ3v) is 3.81. The van der Waals surface area contributed by atoms with Crippen LogP contribution in [0, 0.1) is 17.7 Å². The highest BCUT2D eigenvalue weighted by Gasteiger charge is 2.38. The van der Waals surface area contributed by atoms with Gasteiger partial charge in [-0.3, -0.25) is 4.79 Å². The average Bonchev–Trinajstić information content (AvgIpc) is 2.77. The number of hydrogen-bond donors (Lipinski definition) is 2. The summed E-state index contributed by atoms with van der Waals surface area (Å²) in [5.41, 5.74) is 0.0693. The van der Waals surface area contributed by atoms with E-state index in [1.807, 2.05) is 13.8 Å². The molecule has 1 heterocycles. The number of amides is 1. The molecule has 2 unspecified atom stereocenters. The summed E-state index contributed by atoms with van der Waals surface area (Å²) < 4.78 is 18.9. The minimum absolute atomic E-state index is 0.109. The molecule has 0 bridgehead atoms. The minimum Gasteiger partial charge on any atom is -0.384 e. The maximum Gasteiger partial charge on any atom is 0.253 e. The lowest BCUT2D eigenvalue weighted by Crippen LogP contribution is -2.50. The Morgan fingerprint density at radius 3 is 3.00 bits per heavy atom. The van der Waals surface area contributed by atoms with Gasteiger partial charge in [-0.05, 0) is 38.5 Å². The van der Waals surface area contributed by atoms with Gasteiger partial charge in [0.1, 0.15) is 12.4 Å². The molecule has 1 amide bonds. The summed E-state index contributed by atoms with van der Waals surface area (Å²) in [4.78, 5) is 12.4. The molecule has 5 heteroatoms. The summed E-state index contributed by atoms with van der Waals surface area (Å²) in [7, 11) is 0. The van der Waals surface area contributed by atoms with Gasteiger partial charge in [0, 0.05) is 12.2 Å². The van der Waals surface area contributed by atoms with E-state index in [2.05, 4.69) is 17.2 Å². The molecule has 1 saturated heterocycles. The van der Waals surface area contributed by atoms with Gasteiger partial charge >= 0.3 is 0 Å². The van der Waals surface area contributed by atoms with E-state index in [1.54, 1.807) is 0 Å². The maximum absolute atomic E-state index is 13.4. The summed E-state index contributed by atoms with van der Waals surface area (Å²) >= 11 is 0. The molecule has 1 aromatic rings. The number of aliphatic hydroxyl groups excluding tert-OH is 1. The SMILES string of the molecule is CC1OCCC1(C)NC(=O)c1cc(F)ccc1C#CCO. The molecule has 112 valence electrons. The highest BCUT2D eigenvalue weighted by molar-refractivity contribution is 5.97.